The number of imidazole rings is 1. The van der Waals surface area contributed by atoms with Gasteiger partial charge in [0.1, 0.15) is 11.6 Å². The maximum atomic E-state index is 12.8. The highest BCUT2D eigenvalue weighted by atomic mass is 19.1. The number of hydrogen-bond donors (Lipinski definition) is 2. The molecule has 7 heteroatoms. The van der Waals surface area contributed by atoms with E-state index in [4.69, 9.17) is 4.74 Å². The lowest BCUT2D eigenvalue weighted by atomic mass is 10.2. The molecule has 1 amide bonds. The molecule has 0 saturated heterocycles. The van der Waals surface area contributed by atoms with Crippen molar-refractivity contribution in [3.63, 3.8) is 0 Å². The molecular weight excluding hydrogens is 301 g/mol. The molecule has 0 aliphatic rings. The fraction of sp³-hybridized carbons (Fsp3) is 0.125. The number of carbonyl (C=O) groups is 1. The summed E-state index contributed by atoms with van der Waals surface area (Å²) in [5.74, 6) is -0.316. The number of ether oxygens (including phenoxy) is 1. The fourth-order valence-electron chi connectivity index (χ4n) is 2.19. The third kappa shape index (κ3) is 3.23. The van der Waals surface area contributed by atoms with Gasteiger partial charge >= 0.3 is 5.69 Å². The Balaban J connectivity index is 1.65. The van der Waals surface area contributed by atoms with Gasteiger partial charge in [-0.1, -0.05) is 0 Å². The zero-order chi connectivity index (χ0) is 16.4. The largest absolute Gasteiger partial charge is 0.484 e. The zero-order valence-electron chi connectivity index (χ0n) is 12.3. The van der Waals surface area contributed by atoms with Gasteiger partial charge in [0.05, 0.1) is 11.0 Å². The van der Waals surface area contributed by atoms with Crippen molar-refractivity contribution in [2.45, 2.75) is 0 Å². The molecule has 1 heterocycles. The smallest absolute Gasteiger partial charge is 0.326 e. The quantitative estimate of drug-likeness (QED) is 0.773. The number of carbonyl (C=O) groups excluding carboxylic acids is 1. The summed E-state index contributed by atoms with van der Waals surface area (Å²) < 4.78 is 19.5. The molecule has 0 atom stereocenters. The second kappa shape index (κ2) is 5.96. The highest BCUT2D eigenvalue weighted by Gasteiger charge is 2.07. The van der Waals surface area contributed by atoms with E-state index in [2.05, 4.69) is 10.3 Å². The topological polar surface area (TPSA) is 76.1 Å². The van der Waals surface area contributed by atoms with E-state index in [-0.39, 0.29) is 24.0 Å². The maximum absolute atomic E-state index is 12.8. The van der Waals surface area contributed by atoms with E-state index in [1.807, 2.05) is 0 Å². The van der Waals surface area contributed by atoms with E-state index in [9.17, 15) is 14.0 Å². The second-order valence-electron chi connectivity index (χ2n) is 5.01. The monoisotopic (exact) mass is 315 g/mol. The van der Waals surface area contributed by atoms with Crippen molar-refractivity contribution in [3.8, 4) is 5.75 Å². The number of benzene rings is 2. The van der Waals surface area contributed by atoms with Crippen LogP contribution in [0, 0.1) is 5.82 Å². The summed E-state index contributed by atoms with van der Waals surface area (Å²) in [4.78, 5) is 26.1. The Kier molecular flexibility index (Phi) is 3.84. The molecular formula is C16H14FN3O3. The summed E-state index contributed by atoms with van der Waals surface area (Å²) in [6, 6.07) is 10.5. The second-order valence-corrected chi connectivity index (χ2v) is 5.01. The Labute approximate surface area is 130 Å². The Morgan fingerprint density at radius 1 is 1.26 bits per heavy atom. The van der Waals surface area contributed by atoms with Gasteiger partial charge in [0.15, 0.2) is 6.61 Å². The van der Waals surface area contributed by atoms with Gasteiger partial charge in [0, 0.05) is 12.7 Å². The molecule has 0 bridgehead atoms. The van der Waals surface area contributed by atoms with Crippen molar-refractivity contribution < 1.29 is 13.9 Å². The van der Waals surface area contributed by atoms with Crippen molar-refractivity contribution in [1.82, 2.24) is 9.55 Å². The molecule has 0 unspecified atom stereocenters. The van der Waals surface area contributed by atoms with Crippen LogP contribution in [-0.2, 0) is 11.8 Å². The van der Waals surface area contributed by atoms with Crippen LogP contribution in [0.5, 0.6) is 5.75 Å². The first-order chi connectivity index (χ1) is 11.0. The molecule has 2 N–H and O–H groups in total. The van der Waals surface area contributed by atoms with E-state index in [0.717, 1.165) is 5.52 Å². The summed E-state index contributed by atoms with van der Waals surface area (Å²) in [6.45, 7) is -0.199. The van der Waals surface area contributed by atoms with Crippen LogP contribution in [0.4, 0.5) is 10.1 Å². The number of nitrogens with zero attached hydrogens (tertiary/aromatic N) is 1. The first-order valence-electron chi connectivity index (χ1n) is 6.90. The molecule has 0 aliphatic heterocycles. The fourth-order valence-corrected chi connectivity index (χ4v) is 2.19. The van der Waals surface area contributed by atoms with E-state index in [0.29, 0.717) is 17.0 Å². The van der Waals surface area contributed by atoms with Gasteiger partial charge in [-0.05, 0) is 42.5 Å². The number of fused-ring (bicyclic) bond motifs is 1. The van der Waals surface area contributed by atoms with E-state index < -0.39 is 0 Å². The molecule has 1 aromatic heterocycles. The Morgan fingerprint density at radius 3 is 2.74 bits per heavy atom. The van der Waals surface area contributed by atoms with Crippen molar-refractivity contribution in [2.24, 2.45) is 7.05 Å². The Hall–Kier alpha value is -3.09. The molecule has 0 aliphatic carbocycles. The summed E-state index contributed by atoms with van der Waals surface area (Å²) in [7, 11) is 1.66. The van der Waals surface area contributed by atoms with Crippen LogP contribution in [0.2, 0.25) is 0 Å². The van der Waals surface area contributed by atoms with Gasteiger partial charge in [-0.3, -0.25) is 9.36 Å². The molecule has 6 nitrogen and oxygen atoms in total. The lowest BCUT2D eigenvalue weighted by molar-refractivity contribution is -0.118. The van der Waals surface area contributed by atoms with E-state index in [1.165, 1.54) is 28.8 Å². The van der Waals surface area contributed by atoms with Crippen LogP contribution in [-0.4, -0.2) is 22.1 Å². The lowest BCUT2D eigenvalue weighted by Crippen LogP contribution is -2.20. The summed E-state index contributed by atoms with van der Waals surface area (Å²) in [5, 5.41) is 2.68. The molecule has 118 valence electrons. The Morgan fingerprint density at radius 2 is 2.00 bits per heavy atom. The number of H-pyrrole nitrogens is 1. The lowest BCUT2D eigenvalue weighted by Gasteiger charge is -2.07. The minimum absolute atomic E-state index is 0.199. The predicted octanol–water partition coefficient (Wildman–Crippen LogP) is 2.02. The maximum Gasteiger partial charge on any atom is 0.326 e. The van der Waals surface area contributed by atoms with Crippen molar-refractivity contribution in [2.75, 3.05) is 11.9 Å². The molecule has 2 aromatic carbocycles. The number of aryl methyl sites for hydroxylation is 1. The van der Waals surface area contributed by atoms with Gasteiger partial charge in [0.25, 0.3) is 5.91 Å². The van der Waals surface area contributed by atoms with Crippen molar-refractivity contribution in [1.29, 1.82) is 0 Å². The van der Waals surface area contributed by atoms with Crippen LogP contribution < -0.4 is 15.7 Å². The normalized spacial score (nSPS) is 10.7. The van der Waals surface area contributed by atoms with Gasteiger partial charge in [0.2, 0.25) is 0 Å². The minimum atomic E-state index is -0.369. The van der Waals surface area contributed by atoms with Crippen molar-refractivity contribution in [3.05, 3.63) is 58.8 Å². The zero-order valence-corrected chi connectivity index (χ0v) is 12.3. The number of amides is 1. The SMILES string of the molecule is Cn1c(=O)[nH]c2cc(NC(=O)COc3ccc(F)cc3)ccc21. The first kappa shape index (κ1) is 14.8. The molecule has 0 saturated carbocycles. The molecule has 0 radical (unpaired) electrons. The number of rotatable bonds is 4. The number of aromatic nitrogens is 2. The van der Waals surface area contributed by atoms with E-state index >= 15 is 0 Å². The van der Waals surface area contributed by atoms with Crippen LogP contribution >= 0.6 is 0 Å². The van der Waals surface area contributed by atoms with Crippen LogP contribution in [0.25, 0.3) is 11.0 Å². The molecule has 23 heavy (non-hydrogen) atoms. The Bertz CT molecular complexity index is 912. The first-order valence-corrected chi connectivity index (χ1v) is 6.90. The molecule has 3 rings (SSSR count). The van der Waals surface area contributed by atoms with Gasteiger partial charge in [-0.2, -0.15) is 0 Å². The van der Waals surface area contributed by atoms with Crippen molar-refractivity contribution >= 4 is 22.6 Å². The van der Waals surface area contributed by atoms with Gasteiger partial charge in [-0.15, -0.1) is 0 Å². The standard InChI is InChI=1S/C16H14FN3O3/c1-20-14-7-4-11(8-13(14)19-16(20)22)18-15(21)9-23-12-5-2-10(17)3-6-12/h2-8H,9H2,1H3,(H,18,21)(H,19,22). The third-order valence-electron chi connectivity index (χ3n) is 3.37. The minimum Gasteiger partial charge on any atom is -0.484 e. The third-order valence-corrected chi connectivity index (χ3v) is 3.37. The summed E-state index contributed by atoms with van der Waals surface area (Å²) in [6.07, 6.45) is 0. The number of anilines is 1. The average Bonchev–Trinajstić information content (AvgIpc) is 2.81. The highest BCUT2D eigenvalue weighted by molar-refractivity contribution is 5.94. The molecule has 0 fully saturated rings. The number of hydrogen-bond acceptors (Lipinski definition) is 3. The molecule has 3 aromatic rings. The highest BCUT2D eigenvalue weighted by Crippen LogP contribution is 2.16. The predicted molar refractivity (Wildman–Crippen MR) is 84.1 cm³/mol. The summed E-state index contributed by atoms with van der Waals surface area (Å²) >= 11 is 0. The van der Waals surface area contributed by atoms with E-state index in [1.54, 1.807) is 25.2 Å². The summed E-state index contributed by atoms with van der Waals surface area (Å²) in [5.41, 5.74) is 1.71. The van der Waals surface area contributed by atoms with Crippen LogP contribution in [0.15, 0.2) is 47.3 Å². The van der Waals surface area contributed by atoms with Crippen LogP contribution in [0.1, 0.15) is 0 Å². The number of aromatic amines is 1. The van der Waals surface area contributed by atoms with Gasteiger partial charge in [-0.25, -0.2) is 9.18 Å². The average molecular weight is 315 g/mol. The molecule has 0 spiro atoms. The van der Waals surface area contributed by atoms with Gasteiger partial charge < -0.3 is 15.0 Å². The van der Waals surface area contributed by atoms with Crippen LogP contribution in [0.3, 0.4) is 0 Å². The number of halogens is 1. The number of nitrogens with one attached hydrogen (secondary N) is 2.